The van der Waals surface area contributed by atoms with Gasteiger partial charge in [0.2, 0.25) is 0 Å². The van der Waals surface area contributed by atoms with E-state index in [9.17, 15) is 9.59 Å². The SMILES string of the molecule is CN=C1S/C(=C\c2ccc(OCC(N)=O)cc2)C(=O)N1C. The van der Waals surface area contributed by atoms with Crippen LogP contribution in [0.1, 0.15) is 5.56 Å². The number of benzene rings is 1. The van der Waals surface area contributed by atoms with Crippen molar-refractivity contribution in [3.8, 4) is 5.75 Å². The van der Waals surface area contributed by atoms with E-state index in [0.717, 1.165) is 5.56 Å². The van der Waals surface area contributed by atoms with Gasteiger partial charge < -0.3 is 10.5 Å². The maximum atomic E-state index is 12.0. The van der Waals surface area contributed by atoms with Crippen LogP contribution in [0.5, 0.6) is 5.75 Å². The Balaban J connectivity index is 2.11. The van der Waals surface area contributed by atoms with E-state index in [4.69, 9.17) is 10.5 Å². The van der Waals surface area contributed by atoms with Crippen LogP contribution in [-0.4, -0.2) is 42.6 Å². The molecule has 21 heavy (non-hydrogen) atoms. The molecular weight excluding hydrogens is 290 g/mol. The van der Waals surface area contributed by atoms with Crippen molar-refractivity contribution in [3.63, 3.8) is 0 Å². The van der Waals surface area contributed by atoms with Crippen LogP contribution in [0.3, 0.4) is 0 Å². The van der Waals surface area contributed by atoms with Crippen LogP contribution in [-0.2, 0) is 9.59 Å². The molecule has 0 aliphatic carbocycles. The fraction of sp³-hybridized carbons (Fsp3) is 0.214. The maximum absolute atomic E-state index is 12.0. The number of rotatable bonds is 4. The Hall–Kier alpha value is -2.28. The van der Waals surface area contributed by atoms with Crippen molar-refractivity contribution in [2.24, 2.45) is 10.7 Å². The fourth-order valence-corrected chi connectivity index (χ4v) is 2.64. The minimum atomic E-state index is -0.524. The molecule has 0 spiro atoms. The lowest BCUT2D eigenvalue weighted by atomic mass is 10.2. The Morgan fingerprint density at radius 3 is 2.62 bits per heavy atom. The molecule has 2 N–H and O–H groups in total. The standard InChI is InChI=1S/C14H15N3O3S/c1-16-14-17(2)13(19)11(21-14)7-9-3-5-10(6-4-9)20-8-12(15)18/h3-7H,8H2,1-2H3,(H2,15,18)/b11-7-,16-14?. The molecule has 1 saturated heterocycles. The number of hydrogen-bond acceptors (Lipinski definition) is 5. The number of hydrogen-bond donors (Lipinski definition) is 1. The first kappa shape index (κ1) is 15.1. The van der Waals surface area contributed by atoms with Gasteiger partial charge in [0.1, 0.15) is 5.75 Å². The Kier molecular flexibility index (Phi) is 4.64. The highest BCUT2D eigenvalue weighted by atomic mass is 32.2. The van der Waals surface area contributed by atoms with Crippen molar-refractivity contribution in [2.45, 2.75) is 0 Å². The van der Waals surface area contributed by atoms with Gasteiger partial charge in [-0.25, -0.2) is 0 Å². The molecule has 0 unspecified atom stereocenters. The number of carbonyl (C=O) groups is 2. The minimum Gasteiger partial charge on any atom is -0.484 e. The van der Waals surface area contributed by atoms with Crippen LogP contribution >= 0.6 is 11.8 Å². The highest BCUT2D eigenvalue weighted by molar-refractivity contribution is 8.18. The van der Waals surface area contributed by atoms with Gasteiger partial charge in [-0.3, -0.25) is 19.5 Å². The molecule has 0 bridgehead atoms. The van der Waals surface area contributed by atoms with Gasteiger partial charge in [0, 0.05) is 14.1 Å². The van der Waals surface area contributed by atoms with E-state index in [2.05, 4.69) is 4.99 Å². The molecule has 1 aliphatic rings. The Labute approximate surface area is 126 Å². The van der Waals surface area contributed by atoms with Crippen LogP contribution in [0.4, 0.5) is 0 Å². The molecule has 110 valence electrons. The Bertz CT molecular complexity index is 623. The van der Waals surface area contributed by atoms with Crippen LogP contribution in [0, 0.1) is 0 Å². The van der Waals surface area contributed by atoms with Gasteiger partial charge >= 0.3 is 0 Å². The summed E-state index contributed by atoms with van der Waals surface area (Å²) in [6.45, 7) is -0.157. The molecule has 7 heteroatoms. The van der Waals surface area contributed by atoms with E-state index >= 15 is 0 Å². The molecule has 0 radical (unpaired) electrons. The second kappa shape index (κ2) is 6.45. The summed E-state index contributed by atoms with van der Waals surface area (Å²) >= 11 is 1.34. The summed E-state index contributed by atoms with van der Waals surface area (Å²) in [5, 5.41) is 0.674. The molecule has 1 fully saturated rings. The topological polar surface area (TPSA) is 85.0 Å². The maximum Gasteiger partial charge on any atom is 0.266 e. The number of nitrogens with two attached hydrogens (primary N) is 1. The molecular formula is C14H15N3O3S. The molecule has 0 aromatic heterocycles. The van der Waals surface area contributed by atoms with Crippen molar-refractivity contribution >= 4 is 34.8 Å². The van der Waals surface area contributed by atoms with E-state index < -0.39 is 5.91 Å². The lowest BCUT2D eigenvalue weighted by Gasteiger charge is -2.05. The zero-order valence-corrected chi connectivity index (χ0v) is 12.5. The first-order valence-corrected chi connectivity index (χ1v) is 6.98. The molecule has 0 atom stereocenters. The summed E-state index contributed by atoms with van der Waals surface area (Å²) in [6, 6.07) is 7.05. The number of nitrogens with zero attached hydrogens (tertiary/aromatic N) is 2. The third-order valence-electron chi connectivity index (χ3n) is 2.75. The highest BCUT2D eigenvalue weighted by Gasteiger charge is 2.29. The zero-order chi connectivity index (χ0) is 15.4. The van der Waals surface area contributed by atoms with Crippen LogP contribution in [0.15, 0.2) is 34.2 Å². The fourth-order valence-electron chi connectivity index (χ4n) is 1.72. The quantitative estimate of drug-likeness (QED) is 0.844. The summed E-state index contributed by atoms with van der Waals surface area (Å²) in [7, 11) is 3.35. The predicted molar refractivity (Wildman–Crippen MR) is 82.8 cm³/mol. The number of primary amides is 1. The van der Waals surface area contributed by atoms with Gasteiger partial charge in [-0.1, -0.05) is 12.1 Å². The van der Waals surface area contributed by atoms with E-state index in [0.29, 0.717) is 15.8 Å². The molecule has 1 aromatic rings. The Morgan fingerprint density at radius 2 is 2.10 bits per heavy atom. The van der Waals surface area contributed by atoms with Crippen LogP contribution < -0.4 is 10.5 Å². The second-order valence-corrected chi connectivity index (χ2v) is 5.31. The molecule has 1 aromatic carbocycles. The van der Waals surface area contributed by atoms with Crippen LogP contribution in [0.25, 0.3) is 6.08 Å². The first-order chi connectivity index (χ1) is 10.0. The third-order valence-corrected chi connectivity index (χ3v) is 3.91. The molecule has 1 aliphatic heterocycles. The van der Waals surface area contributed by atoms with Crippen molar-refractivity contribution in [2.75, 3.05) is 20.7 Å². The number of thioether (sulfide) groups is 1. The smallest absolute Gasteiger partial charge is 0.266 e. The lowest BCUT2D eigenvalue weighted by Crippen LogP contribution is -2.23. The second-order valence-electron chi connectivity index (χ2n) is 4.31. The van der Waals surface area contributed by atoms with Gasteiger partial charge in [0.15, 0.2) is 11.8 Å². The number of ether oxygens (including phenoxy) is 1. The predicted octanol–water partition coefficient (Wildman–Crippen LogP) is 1.08. The lowest BCUT2D eigenvalue weighted by molar-refractivity contribution is -0.121. The average molecular weight is 305 g/mol. The van der Waals surface area contributed by atoms with Crippen LogP contribution in [0.2, 0.25) is 0 Å². The van der Waals surface area contributed by atoms with E-state index in [1.807, 2.05) is 0 Å². The summed E-state index contributed by atoms with van der Waals surface area (Å²) < 4.78 is 5.17. The van der Waals surface area contributed by atoms with Gasteiger partial charge in [0.05, 0.1) is 4.91 Å². The van der Waals surface area contributed by atoms with Crippen molar-refractivity contribution < 1.29 is 14.3 Å². The molecule has 1 heterocycles. The number of amidine groups is 1. The summed E-state index contributed by atoms with van der Waals surface area (Å²) in [4.78, 5) is 28.8. The Morgan fingerprint density at radius 1 is 1.43 bits per heavy atom. The van der Waals surface area contributed by atoms with Crippen molar-refractivity contribution in [3.05, 3.63) is 34.7 Å². The minimum absolute atomic E-state index is 0.0744. The molecule has 2 rings (SSSR count). The van der Waals surface area contributed by atoms with E-state index in [-0.39, 0.29) is 12.5 Å². The number of amides is 2. The number of likely N-dealkylation sites (N-methyl/N-ethyl adjacent to an activating group) is 1. The third kappa shape index (κ3) is 3.63. The summed E-state index contributed by atoms with van der Waals surface area (Å²) in [6.07, 6.45) is 1.79. The molecule has 2 amide bonds. The number of aliphatic imine (C=N–C) groups is 1. The largest absolute Gasteiger partial charge is 0.484 e. The molecule has 6 nitrogen and oxygen atoms in total. The van der Waals surface area contributed by atoms with Gasteiger partial charge in [-0.05, 0) is 35.5 Å². The number of carbonyl (C=O) groups excluding carboxylic acids is 2. The first-order valence-electron chi connectivity index (χ1n) is 6.17. The van der Waals surface area contributed by atoms with E-state index in [1.165, 1.54) is 16.7 Å². The normalized spacial score (nSPS) is 18.6. The van der Waals surface area contributed by atoms with Gasteiger partial charge in [-0.15, -0.1) is 0 Å². The zero-order valence-electron chi connectivity index (χ0n) is 11.7. The van der Waals surface area contributed by atoms with Gasteiger partial charge in [0.25, 0.3) is 11.8 Å². The van der Waals surface area contributed by atoms with Crippen molar-refractivity contribution in [1.29, 1.82) is 0 Å². The highest BCUT2D eigenvalue weighted by Crippen LogP contribution is 2.31. The monoisotopic (exact) mass is 305 g/mol. The molecule has 0 saturated carbocycles. The van der Waals surface area contributed by atoms with E-state index in [1.54, 1.807) is 44.4 Å². The summed E-state index contributed by atoms with van der Waals surface area (Å²) in [5.74, 6) is -0.0486. The summed E-state index contributed by atoms with van der Waals surface area (Å²) in [5.41, 5.74) is 5.87. The average Bonchev–Trinajstić information content (AvgIpc) is 2.74. The van der Waals surface area contributed by atoms with Crippen molar-refractivity contribution in [1.82, 2.24) is 4.90 Å². The van der Waals surface area contributed by atoms with Gasteiger partial charge in [-0.2, -0.15) is 0 Å².